The van der Waals surface area contributed by atoms with Gasteiger partial charge in [-0.25, -0.2) is 14.2 Å². The fourth-order valence-corrected chi connectivity index (χ4v) is 2.79. The number of nitrogens with one attached hydrogen (secondary N) is 1. The first-order chi connectivity index (χ1) is 13.3. The van der Waals surface area contributed by atoms with Crippen molar-refractivity contribution in [2.24, 2.45) is 4.99 Å². The van der Waals surface area contributed by atoms with Crippen LogP contribution in [0.2, 0.25) is 0 Å². The number of carbonyl (C=O) groups is 1. The van der Waals surface area contributed by atoms with Crippen LogP contribution < -0.4 is 5.32 Å². The van der Waals surface area contributed by atoms with E-state index in [0.717, 1.165) is 12.1 Å². The maximum atomic E-state index is 14.5. The third kappa shape index (κ3) is 5.00. The highest BCUT2D eigenvalue weighted by Gasteiger charge is 2.60. The van der Waals surface area contributed by atoms with Crippen molar-refractivity contribution in [3.05, 3.63) is 39.7 Å². The summed E-state index contributed by atoms with van der Waals surface area (Å²) < 4.78 is 67.0. The Kier molecular flexibility index (Phi) is 6.16. The van der Waals surface area contributed by atoms with Crippen molar-refractivity contribution >= 4 is 17.6 Å². The molecule has 0 aromatic heterocycles. The van der Waals surface area contributed by atoms with Crippen molar-refractivity contribution in [1.29, 1.82) is 0 Å². The Labute approximate surface area is 163 Å². The fourth-order valence-electron chi connectivity index (χ4n) is 2.79. The second kappa shape index (κ2) is 7.93. The number of rotatable bonds is 2. The zero-order valence-electron chi connectivity index (χ0n) is 15.8. The van der Waals surface area contributed by atoms with Crippen LogP contribution in [-0.4, -0.2) is 41.8 Å². The van der Waals surface area contributed by atoms with E-state index in [9.17, 15) is 32.5 Å². The van der Waals surface area contributed by atoms with E-state index in [4.69, 9.17) is 9.47 Å². The summed E-state index contributed by atoms with van der Waals surface area (Å²) in [7, 11) is 0. The van der Waals surface area contributed by atoms with Crippen LogP contribution >= 0.6 is 0 Å². The molecule has 0 aliphatic carbocycles. The molecule has 1 aromatic rings. The second-order valence-electron chi connectivity index (χ2n) is 7.24. The predicted octanol–water partition coefficient (Wildman–Crippen LogP) is 3.84. The molecule has 8 nitrogen and oxygen atoms in total. The third-order valence-electron chi connectivity index (χ3n) is 3.89. The summed E-state index contributed by atoms with van der Waals surface area (Å²) in [5.74, 6) is -2.04. The smallest absolute Gasteiger partial charge is 0.418 e. The molecule has 0 bridgehead atoms. The first-order valence-corrected chi connectivity index (χ1v) is 8.43. The van der Waals surface area contributed by atoms with Gasteiger partial charge in [0.2, 0.25) is 0 Å². The molecule has 0 saturated heterocycles. The first kappa shape index (κ1) is 22.5. The van der Waals surface area contributed by atoms with E-state index in [0.29, 0.717) is 6.07 Å². The number of alkyl halides is 3. The molecule has 0 spiro atoms. The Hall–Kier alpha value is -2.76. The lowest BCUT2D eigenvalue weighted by atomic mass is 9.85. The molecule has 29 heavy (non-hydrogen) atoms. The summed E-state index contributed by atoms with van der Waals surface area (Å²) in [6.45, 7) is 3.56. The van der Waals surface area contributed by atoms with Crippen LogP contribution in [0, 0.1) is 15.9 Å². The van der Waals surface area contributed by atoms with Gasteiger partial charge in [0.1, 0.15) is 29.4 Å². The topological polar surface area (TPSA) is 103 Å². The fraction of sp³-hybridized carbons (Fsp3) is 0.529. The highest BCUT2D eigenvalue weighted by molar-refractivity contribution is 5.96. The van der Waals surface area contributed by atoms with Gasteiger partial charge in [-0.1, -0.05) is 6.07 Å². The van der Waals surface area contributed by atoms with E-state index in [1.165, 1.54) is 0 Å². The molecule has 12 heteroatoms. The standard InChI is InChI=1S/C17H19F4N3O5/c1-15(2,3)29-14(25)22-12-9-28-8-7-16(23-12,17(19,20)21)13-10(18)5-4-6-11(13)24(26)27/h4-6H,7-9H2,1-3H3,(H,22,23,25). The second-order valence-corrected chi connectivity index (χ2v) is 7.24. The molecule has 160 valence electrons. The van der Waals surface area contributed by atoms with Crippen molar-refractivity contribution < 1.29 is 36.8 Å². The van der Waals surface area contributed by atoms with Gasteiger partial charge in [-0.05, 0) is 26.8 Å². The van der Waals surface area contributed by atoms with E-state index in [2.05, 4.69) is 10.3 Å². The lowest BCUT2D eigenvalue weighted by molar-refractivity contribution is -0.387. The Bertz CT molecular complexity index is 835. The van der Waals surface area contributed by atoms with Crippen LogP contribution in [0.25, 0.3) is 0 Å². The van der Waals surface area contributed by atoms with Crippen molar-refractivity contribution in [2.45, 2.75) is 44.5 Å². The van der Waals surface area contributed by atoms with E-state index in [1.807, 2.05) is 0 Å². The van der Waals surface area contributed by atoms with Crippen LogP contribution in [0.15, 0.2) is 23.2 Å². The minimum Gasteiger partial charge on any atom is -0.444 e. The molecule has 0 saturated carbocycles. The van der Waals surface area contributed by atoms with Crippen LogP contribution in [-0.2, 0) is 15.0 Å². The molecule has 0 fully saturated rings. The zero-order valence-corrected chi connectivity index (χ0v) is 15.8. The molecule has 1 aromatic carbocycles. The number of nitrogens with zero attached hydrogens (tertiary/aromatic N) is 2. The minimum atomic E-state index is -5.23. The number of hydrogen-bond donors (Lipinski definition) is 1. The van der Waals surface area contributed by atoms with E-state index in [-0.39, 0.29) is 0 Å². The minimum absolute atomic E-state index is 0.528. The number of benzene rings is 1. The van der Waals surface area contributed by atoms with Gasteiger partial charge in [0.15, 0.2) is 5.54 Å². The van der Waals surface area contributed by atoms with E-state index in [1.54, 1.807) is 20.8 Å². The Balaban J connectivity index is 2.64. The Morgan fingerprint density at radius 1 is 1.34 bits per heavy atom. The number of alkyl carbamates (subject to hydrolysis) is 1. The van der Waals surface area contributed by atoms with Crippen molar-refractivity contribution in [1.82, 2.24) is 5.32 Å². The maximum absolute atomic E-state index is 14.5. The predicted molar refractivity (Wildman–Crippen MR) is 93.0 cm³/mol. The largest absolute Gasteiger partial charge is 0.444 e. The molecule has 2 rings (SSSR count). The number of amidine groups is 1. The molecule has 1 aliphatic rings. The number of amides is 1. The summed E-state index contributed by atoms with van der Waals surface area (Å²) in [5, 5.41) is 13.3. The average molecular weight is 421 g/mol. The molecule has 1 heterocycles. The number of aliphatic imine (C=N–C) groups is 1. The quantitative estimate of drug-likeness (QED) is 0.444. The molecular weight excluding hydrogens is 402 g/mol. The lowest BCUT2D eigenvalue weighted by Gasteiger charge is -2.31. The zero-order chi connectivity index (χ0) is 22.0. The summed E-state index contributed by atoms with van der Waals surface area (Å²) in [6, 6.07) is 2.37. The summed E-state index contributed by atoms with van der Waals surface area (Å²) >= 11 is 0. The average Bonchev–Trinajstić information content (AvgIpc) is 2.75. The number of ether oxygens (including phenoxy) is 2. The van der Waals surface area contributed by atoms with Crippen LogP contribution in [0.5, 0.6) is 0 Å². The monoisotopic (exact) mass is 421 g/mol. The molecule has 1 atom stereocenters. The molecule has 1 unspecified atom stereocenters. The third-order valence-corrected chi connectivity index (χ3v) is 3.89. The lowest BCUT2D eigenvalue weighted by Crippen LogP contribution is -2.45. The van der Waals surface area contributed by atoms with E-state index >= 15 is 0 Å². The SMILES string of the molecule is CC(C)(C)OC(=O)NC1=NC(c2c(F)cccc2[N+](=O)[O-])(C(F)(F)F)CCOC1. The molecule has 1 N–H and O–H groups in total. The van der Waals surface area contributed by atoms with Gasteiger partial charge in [0.25, 0.3) is 5.69 Å². The van der Waals surface area contributed by atoms with Gasteiger partial charge in [-0.3, -0.25) is 15.4 Å². The van der Waals surface area contributed by atoms with Gasteiger partial charge in [-0.15, -0.1) is 0 Å². The number of hydrogen-bond acceptors (Lipinski definition) is 6. The number of halogens is 4. The molecule has 0 radical (unpaired) electrons. The van der Waals surface area contributed by atoms with Gasteiger partial charge in [0, 0.05) is 12.5 Å². The van der Waals surface area contributed by atoms with Gasteiger partial charge < -0.3 is 9.47 Å². The Morgan fingerprint density at radius 3 is 2.55 bits per heavy atom. The van der Waals surface area contributed by atoms with Crippen LogP contribution in [0.1, 0.15) is 32.8 Å². The van der Waals surface area contributed by atoms with Gasteiger partial charge >= 0.3 is 12.3 Å². The molecular formula is C17H19F4N3O5. The number of carbonyl (C=O) groups excluding carboxylic acids is 1. The van der Waals surface area contributed by atoms with Crippen LogP contribution in [0.3, 0.4) is 0 Å². The number of nitro groups is 1. The summed E-state index contributed by atoms with van der Waals surface area (Å²) in [6.07, 6.45) is -7.24. The van der Waals surface area contributed by atoms with Gasteiger partial charge in [0.05, 0.1) is 11.5 Å². The normalized spacial score (nSPS) is 20.4. The number of nitro benzene ring substituents is 1. The van der Waals surface area contributed by atoms with Crippen LogP contribution in [0.4, 0.5) is 28.0 Å². The van der Waals surface area contributed by atoms with Crippen molar-refractivity contribution in [3.8, 4) is 0 Å². The summed E-state index contributed by atoms with van der Waals surface area (Å²) in [5.41, 5.74) is -6.60. The molecule has 1 aliphatic heterocycles. The van der Waals surface area contributed by atoms with E-state index < -0.39 is 70.9 Å². The first-order valence-electron chi connectivity index (χ1n) is 8.43. The highest BCUT2D eigenvalue weighted by Crippen LogP contribution is 2.49. The van der Waals surface area contributed by atoms with Crippen molar-refractivity contribution in [2.75, 3.05) is 13.2 Å². The Morgan fingerprint density at radius 2 is 2.00 bits per heavy atom. The van der Waals surface area contributed by atoms with Crippen molar-refractivity contribution in [3.63, 3.8) is 0 Å². The highest BCUT2D eigenvalue weighted by atomic mass is 19.4. The van der Waals surface area contributed by atoms with Gasteiger partial charge in [-0.2, -0.15) is 13.2 Å². The molecule has 1 amide bonds. The maximum Gasteiger partial charge on any atom is 0.418 e. The summed E-state index contributed by atoms with van der Waals surface area (Å²) in [4.78, 5) is 25.7.